The average Bonchev–Trinajstić information content (AvgIpc) is 3.28. The Morgan fingerprint density at radius 1 is 1.13 bits per heavy atom. The number of rotatable bonds is 8. The van der Waals surface area contributed by atoms with E-state index < -0.39 is 10.0 Å². The lowest BCUT2D eigenvalue weighted by atomic mass is 9.73. The Balaban J connectivity index is 0.00000341. The van der Waals surface area contributed by atoms with Crippen LogP contribution in [0.25, 0.3) is 0 Å². The van der Waals surface area contributed by atoms with Gasteiger partial charge in [0.25, 0.3) is 0 Å². The highest BCUT2D eigenvalue weighted by atomic mass is 127. The summed E-state index contributed by atoms with van der Waals surface area (Å²) < 4.78 is 22.8. The van der Waals surface area contributed by atoms with E-state index in [1.807, 2.05) is 11.3 Å². The second-order valence-electron chi connectivity index (χ2n) is 7.88. The van der Waals surface area contributed by atoms with Crippen LogP contribution in [-0.2, 0) is 21.9 Å². The van der Waals surface area contributed by atoms with Gasteiger partial charge in [0.2, 0.25) is 10.0 Å². The van der Waals surface area contributed by atoms with Crippen molar-refractivity contribution in [1.29, 1.82) is 0 Å². The predicted octanol–water partition coefficient (Wildman–Crippen LogP) is 4.01. The van der Waals surface area contributed by atoms with Crippen molar-refractivity contribution in [2.24, 2.45) is 10.1 Å². The fraction of sp³-hybridized carbons (Fsp3) is 0.500. The molecule has 0 unspecified atom stereocenters. The van der Waals surface area contributed by atoms with E-state index in [-0.39, 0.29) is 34.3 Å². The van der Waals surface area contributed by atoms with E-state index in [1.54, 1.807) is 24.3 Å². The van der Waals surface area contributed by atoms with Gasteiger partial charge in [-0.05, 0) is 55.3 Å². The highest BCUT2D eigenvalue weighted by Gasteiger charge is 2.34. The number of thiophene rings is 1. The maximum Gasteiger partial charge on any atom is 0.238 e. The molecule has 6 nitrogen and oxygen atoms in total. The Hall–Kier alpha value is -1.17. The lowest BCUT2D eigenvalue weighted by Gasteiger charge is -2.35. The summed E-state index contributed by atoms with van der Waals surface area (Å²) >= 11 is 1.85. The van der Waals surface area contributed by atoms with Gasteiger partial charge in [-0.15, -0.1) is 35.3 Å². The van der Waals surface area contributed by atoms with Gasteiger partial charge in [0.1, 0.15) is 0 Å². The first-order valence-electron chi connectivity index (χ1n) is 10.6. The summed E-state index contributed by atoms with van der Waals surface area (Å²) in [6, 6.07) is 11.1. The van der Waals surface area contributed by atoms with Crippen molar-refractivity contribution >= 4 is 51.3 Å². The van der Waals surface area contributed by atoms with E-state index in [0.29, 0.717) is 6.54 Å². The molecule has 1 aromatic heterocycles. The van der Waals surface area contributed by atoms with Crippen LogP contribution in [0.4, 0.5) is 0 Å². The Morgan fingerprint density at radius 2 is 1.84 bits per heavy atom. The zero-order valence-corrected chi connectivity index (χ0v) is 21.9. The highest BCUT2D eigenvalue weighted by molar-refractivity contribution is 14.0. The standard InChI is InChI=1S/C22H32N4O2S2.HI/c1-2-24-21(25-15-12-18-8-10-19(11-9-18)30(23,27)28)26-17-22(13-4-3-5-14-22)20-7-6-16-29-20;/h6-11,16H,2-5,12-15,17H2,1H3,(H2,23,27,28)(H2,24,25,26);1H. The van der Waals surface area contributed by atoms with E-state index in [4.69, 9.17) is 10.1 Å². The highest BCUT2D eigenvalue weighted by Crippen LogP contribution is 2.41. The molecule has 4 N–H and O–H groups in total. The van der Waals surface area contributed by atoms with Crippen molar-refractivity contribution in [3.8, 4) is 0 Å². The van der Waals surface area contributed by atoms with Crippen molar-refractivity contribution in [3.05, 3.63) is 52.2 Å². The molecule has 0 radical (unpaired) electrons. The van der Waals surface area contributed by atoms with Crippen LogP contribution in [0.3, 0.4) is 0 Å². The molecule has 1 aliphatic rings. The van der Waals surface area contributed by atoms with Crippen LogP contribution in [0.5, 0.6) is 0 Å². The number of aliphatic imine (C=N–C) groups is 1. The minimum atomic E-state index is -3.65. The monoisotopic (exact) mass is 576 g/mol. The zero-order chi connectivity index (χ0) is 21.5. The molecule has 0 bridgehead atoms. The van der Waals surface area contributed by atoms with Crippen molar-refractivity contribution in [1.82, 2.24) is 10.6 Å². The second kappa shape index (κ2) is 12.2. The van der Waals surface area contributed by atoms with Gasteiger partial charge < -0.3 is 10.6 Å². The van der Waals surface area contributed by atoms with Crippen molar-refractivity contribution in [3.63, 3.8) is 0 Å². The van der Waals surface area contributed by atoms with Crippen LogP contribution >= 0.6 is 35.3 Å². The van der Waals surface area contributed by atoms with Crippen LogP contribution in [0.2, 0.25) is 0 Å². The average molecular weight is 577 g/mol. The lowest BCUT2D eigenvalue weighted by molar-refractivity contribution is 0.306. The zero-order valence-electron chi connectivity index (χ0n) is 18.0. The van der Waals surface area contributed by atoms with Crippen LogP contribution in [-0.4, -0.2) is 34.0 Å². The molecule has 2 aromatic rings. The molecule has 0 atom stereocenters. The molecular formula is C22H33IN4O2S2. The van der Waals surface area contributed by atoms with Crippen molar-refractivity contribution in [2.45, 2.75) is 55.8 Å². The smallest absolute Gasteiger partial charge is 0.238 e. The predicted molar refractivity (Wildman–Crippen MR) is 140 cm³/mol. The topological polar surface area (TPSA) is 96.6 Å². The minimum Gasteiger partial charge on any atom is -0.357 e. The molecule has 172 valence electrons. The third-order valence-corrected chi connectivity index (χ3v) is 7.74. The molecule has 31 heavy (non-hydrogen) atoms. The number of hydrogen-bond donors (Lipinski definition) is 3. The van der Waals surface area contributed by atoms with E-state index in [2.05, 4.69) is 35.1 Å². The third kappa shape index (κ3) is 7.44. The maximum absolute atomic E-state index is 11.4. The number of nitrogens with two attached hydrogens (primary N) is 1. The van der Waals surface area contributed by atoms with Gasteiger partial charge in [0, 0.05) is 23.4 Å². The largest absolute Gasteiger partial charge is 0.357 e. The molecule has 1 aliphatic carbocycles. The first-order valence-corrected chi connectivity index (χ1v) is 13.0. The van der Waals surface area contributed by atoms with Gasteiger partial charge >= 0.3 is 0 Å². The van der Waals surface area contributed by atoms with Crippen LogP contribution < -0.4 is 15.8 Å². The molecule has 1 fully saturated rings. The Labute approximate surface area is 207 Å². The van der Waals surface area contributed by atoms with Crippen molar-refractivity contribution < 1.29 is 8.42 Å². The van der Waals surface area contributed by atoms with E-state index >= 15 is 0 Å². The number of benzene rings is 1. The maximum atomic E-state index is 11.4. The van der Waals surface area contributed by atoms with Gasteiger partial charge in [0.05, 0.1) is 11.4 Å². The molecule has 1 aromatic carbocycles. The number of halogens is 1. The molecule has 0 spiro atoms. The number of hydrogen-bond acceptors (Lipinski definition) is 4. The Kier molecular flexibility index (Phi) is 10.2. The SMILES string of the molecule is CCNC(=NCC1(c2cccs2)CCCCC1)NCCc1ccc(S(N)(=O)=O)cc1.I. The summed E-state index contributed by atoms with van der Waals surface area (Å²) in [6.07, 6.45) is 7.03. The van der Waals surface area contributed by atoms with Crippen LogP contribution in [0.1, 0.15) is 49.5 Å². The van der Waals surface area contributed by atoms with Gasteiger partial charge in [-0.2, -0.15) is 0 Å². The van der Waals surface area contributed by atoms with Crippen molar-refractivity contribution in [2.75, 3.05) is 19.6 Å². The molecule has 3 rings (SSSR count). The van der Waals surface area contributed by atoms with E-state index in [0.717, 1.165) is 31.0 Å². The fourth-order valence-electron chi connectivity index (χ4n) is 4.03. The summed E-state index contributed by atoms with van der Waals surface area (Å²) in [6.45, 7) is 4.39. The molecule has 1 saturated carbocycles. The summed E-state index contributed by atoms with van der Waals surface area (Å²) in [5.41, 5.74) is 1.21. The Morgan fingerprint density at radius 3 is 2.42 bits per heavy atom. The number of nitrogens with one attached hydrogen (secondary N) is 2. The molecule has 9 heteroatoms. The molecule has 0 amide bonds. The fourth-order valence-corrected chi connectivity index (χ4v) is 5.53. The molecule has 1 heterocycles. The molecule has 0 saturated heterocycles. The summed E-state index contributed by atoms with van der Waals surface area (Å²) in [5, 5.41) is 14.1. The van der Waals surface area contributed by atoms with Gasteiger partial charge in [-0.3, -0.25) is 4.99 Å². The van der Waals surface area contributed by atoms with Gasteiger partial charge in [-0.25, -0.2) is 13.6 Å². The van der Waals surface area contributed by atoms with E-state index in [1.165, 1.54) is 37.0 Å². The van der Waals surface area contributed by atoms with Crippen LogP contribution in [0, 0.1) is 0 Å². The first-order chi connectivity index (χ1) is 14.4. The number of sulfonamides is 1. The number of nitrogens with zero attached hydrogens (tertiary/aromatic N) is 1. The number of primary sulfonamides is 1. The van der Waals surface area contributed by atoms with Gasteiger partial charge in [-0.1, -0.05) is 37.5 Å². The van der Waals surface area contributed by atoms with Crippen LogP contribution in [0.15, 0.2) is 51.7 Å². The van der Waals surface area contributed by atoms with E-state index in [9.17, 15) is 8.42 Å². The minimum absolute atomic E-state index is 0. The summed E-state index contributed by atoms with van der Waals surface area (Å²) in [5.74, 6) is 0.833. The normalized spacial score (nSPS) is 16.4. The molecule has 0 aliphatic heterocycles. The lowest BCUT2D eigenvalue weighted by Crippen LogP contribution is -2.40. The first kappa shape index (κ1) is 26.1. The second-order valence-corrected chi connectivity index (χ2v) is 10.4. The molecular weight excluding hydrogens is 543 g/mol. The summed E-state index contributed by atoms with van der Waals surface area (Å²) in [7, 11) is -3.65. The Bertz CT molecular complexity index is 923. The third-order valence-electron chi connectivity index (χ3n) is 5.70. The quantitative estimate of drug-likeness (QED) is 0.252. The number of guanidine groups is 1. The summed E-state index contributed by atoms with van der Waals surface area (Å²) in [4.78, 5) is 6.54. The van der Waals surface area contributed by atoms with Gasteiger partial charge in [0.15, 0.2) is 5.96 Å².